The number of halogens is 4. The Morgan fingerprint density at radius 1 is 1.38 bits per heavy atom. The number of hydrogen-bond acceptors (Lipinski definition) is 3. The highest BCUT2D eigenvalue weighted by atomic mass is 35.5. The third-order valence-corrected chi connectivity index (χ3v) is 4.89. The maximum Gasteiger partial charge on any atom is 0.423 e. The van der Waals surface area contributed by atoms with Gasteiger partial charge in [-0.1, -0.05) is 11.6 Å². The highest BCUT2D eigenvalue weighted by Crippen LogP contribution is 2.48. The molecule has 0 saturated heterocycles. The van der Waals surface area contributed by atoms with E-state index in [2.05, 4.69) is 10.5 Å². The number of ether oxygens (including phenoxy) is 1. The van der Waals surface area contributed by atoms with Gasteiger partial charge in [-0.3, -0.25) is 0 Å². The molecule has 2 aliphatic rings. The van der Waals surface area contributed by atoms with Gasteiger partial charge < -0.3 is 19.8 Å². The lowest BCUT2D eigenvalue weighted by Crippen LogP contribution is -2.53. The van der Waals surface area contributed by atoms with Gasteiger partial charge in [0.15, 0.2) is 0 Å². The summed E-state index contributed by atoms with van der Waals surface area (Å²) in [5, 5.41) is 6.99. The van der Waals surface area contributed by atoms with Gasteiger partial charge in [-0.2, -0.15) is 13.2 Å². The van der Waals surface area contributed by atoms with Crippen LogP contribution in [0, 0.1) is 5.92 Å². The molecule has 1 aliphatic carbocycles. The van der Waals surface area contributed by atoms with Crippen LogP contribution in [0.5, 0.6) is 0 Å². The number of nitrogens with zero attached hydrogens (tertiary/aromatic N) is 2. The van der Waals surface area contributed by atoms with E-state index >= 15 is 0 Å². The normalized spacial score (nSPS) is 24.8. The summed E-state index contributed by atoms with van der Waals surface area (Å²) in [6.07, 6.45) is -2.86. The predicted molar refractivity (Wildman–Crippen MR) is 93.2 cm³/mol. The minimum Gasteiger partial charge on any atom is -0.396 e. The molecule has 0 bridgehead atoms. The summed E-state index contributed by atoms with van der Waals surface area (Å²) >= 11 is 6.03. The van der Waals surface area contributed by atoms with Gasteiger partial charge in [0.2, 0.25) is 11.6 Å². The summed E-state index contributed by atoms with van der Waals surface area (Å²) in [7, 11) is 1.34. The summed E-state index contributed by atoms with van der Waals surface area (Å²) in [4.78, 5) is 6.26. The summed E-state index contributed by atoms with van der Waals surface area (Å²) in [6.45, 7) is 1.65. The van der Waals surface area contributed by atoms with Crippen molar-refractivity contribution in [2.75, 3.05) is 32.1 Å². The van der Waals surface area contributed by atoms with Crippen molar-refractivity contribution in [3.63, 3.8) is 0 Å². The van der Waals surface area contributed by atoms with Crippen LogP contribution in [0.1, 0.15) is 25.3 Å². The van der Waals surface area contributed by atoms with E-state index < -0.39 is 18.3 Å². The molecule has 3 rings (SSSR count). The summed E-state index contributed by atoms with van der Waals surface area (Å²) in [5.41, 5.74) is -2.31. The molecule has 1 heterocycles. The minimum atomic E-state index is -4.64. The lowest BCUT2D eigenvalue weighted by Gasteiger charge is -2.38. The highest BCUT2D eigenvalue weighted by molar-refractivity contribution is 6.30. The molecule has 1 N–H and O–H groups in total. The Labute approximate surface area is 155 Å². The molecule has 0 aromatic heterocycles. The van der Waals surface area contributed by atoms with Gasteiger partial charge in [0.05, 0.1) is 13.2 Å². The van der Waals surface area contributed by atoms with Crippen LogP contribution in [0.15, 0.2) is 23.4 Å². The molecule has 1 atom stereocenters. The van der Waals surface area contributed by atoms with Crippen molar-refractivity contribution in [1.82, 2.24) is 4.90 Å². The van der Waals surface area contributed by atoms with Gasteiger partial charge in [-0.05, 0) is 49.0 Å². The Morgan fingerprint density at radius 3 is 2.69 bits per heavy atom. The average molecular weight is 392 g/mol. The van der Waals surface area contributed by atoms with Crippen LogP contribution in [0.4, 0.5) is 18.9 Å². The van der Waals surface area contributed by atoms with Crippen molar-refractivity contribution in [3.05, 3.63) is 28.8 Å². The predicted octanol–water partition coefficient (Wildman–Crippen LogP) is 4.19. The number of oxime groups is 1. The Balaban J connectivity index is 2.15. The van der Waals surface area contributed by atoms with Crippen LogP contribution < -0.4 is 5.32 Å². The van der Waals surface area contributed by atoms with Crippen LogP contribution in [0.25, 0.3) is 0 Å². The van der Waals surface area contributed by atoms with E-state index in [9.17, 15) is 13.2 Å². The summed E-state index contributed by atoms with van der Waals surface area (Å²) < 4.78 is 48.8. The van der Waals surface area contributed by atoms with E-state index in [1.54, 1.807) is 6.92 Å². The fraction of sp³-hybridized carbons (Fsp3) is 0.588. The first-order chi connectivity index (χ1) is 12.3. The molecule has 1 fully saturated rings. The maximum atomic E-state index is 14.4. The number of anilines is 1. The molecule has 144 valence electrons. The standard InChI is InChI=1S/C17H21ClF3N3O2/c1-3-24-10-16(17(19,20)21,26-9-11-4-5-11)13-8-12(18)6-7-14(13)22-15(24)23-25-2/h6-8,11H,3-5,9-10H2,1-2H3,(H,22,23)/t16-/m1/s1. The topological polar surface area (TPSA) is 46.1 Å². The molecule has 5 nitrogen and oxygen atoms in total. The largest absolute Gasteiger partial charge is 0.423 e. The van der Waals surface area contributed by atoms with Gasteiger partial charge in [0.25, 0.3) is 0 Å². The van der Waals surface area contributed by atoms with Crippen molar-refractivity contribution < 1.29 is 22.7 Å². The molecule has 1 aromatic carbocycles. The number of rotatable bonds is 5. The molecule has 9 heteroatoms. The first-order valence-corrected chi connectivity index (χ1v) is 8.82. The number of likely N-dealkylation sites (N-methyl/N-ethyl adjacent to an activating group) is 1. The second-order valence-corrected chi connectivity index (χ2v) is 6.94. The van der Waals surface area contributed by atoms with E-state index in [1.165, 1.54) is 30.2 Å². The van der Waals surface area contributed by atoms with E-state index in [1.807, 2.05) is 0 Å². The quantitative estimate of drug-likeness (QED) is 0.764. The molecular weight excluding hydrogens is 371 g/mol. The van der Waals surface area contributed by atoms with Gasteiger partial charge in [0.1, 0.15) is 7.11 Å². The molecular formula is C17H21ClF3N3O2. The van der Waals surface area contributed by atoms with Crippen molar-refractivity contribution in [2.24, 2.45) is 11.1 Å². The van der Waals surface area contributed by atoms with Crippen LogP contribution in [0.2, 0.25) is 5.02 Å². The van der Waals surface area contributed by atoms with Crippen LogP contribution in [-0.4, -0.2) is 43.8 Å². The second kappa shape index (κ2) is 7.15. The Kier molecular flexibility index (Phi) is 5.25. The highest BCUT2D eigenvalue weighted by Gasteiger charge is 2.60. The first kappa shape index (κ1) is 19.1. The summed E-state index contributed by atoms with van der Waals surface area (Å²) in [6, 6.07) is 4.35. The molecule has 0 unspecified atom stereocenters. The van der Waals surface area contributed by atoms with Gasteiger partial charge in [-0.25, -0.2) is 0 Å². The van der Waals surface area contributed by atoms with Crippen molar-refractivity contribution in [2.45, 2.75) is 31.5 Å². The van der Waals surface area contributed by atoms with Crippen molar-refractivity contribution >= 4 is 23.2 Å². The Hall–Kier alpha value is -1.67. The third kappa shape index (κ3) is 3.57. The number of nitrogens with one attached hydrogen (secondary N) is 1. The fourth-order valence-electron chi connectivity index (χ4n) is 3.01. The zero-order chi connectivity index (χ0) is 18.9. The van der Waals surface area contributed by atoms with Crippen LogP contribution in [0.3, 0.4) is 0 Å². The number of guanidine groups is 1. The van der Waals surface area contributed by atoms with Crippen LogP contribution in [-0.2, 0) is 15.2 Å². The van der Waals surface area contributed by atoms with Crippen LogP contribution >= 0.6 is 11.6 Å². The SMILES string of the molecule is CCN1C[C@](OCC2CC2)(C(F)(F)F)c2cc(Cl)ccc2N/C1=N\OC. The first-order valence-electron chi connectivity index (χ1n) is 8.44. The second-order valence-electron chi connectivity index (χ2n) is 6.51. The maximum absolute atomic E-state index is 14.4. The minimum absolute atomic E-state index is 0.0436. The van der Waals surface area contributed by atoms with Crippen molar-refractivity contribution in [3.8, 4) is 0 Å². The van der Waals surface area contributed by atoms with Gasteiger partial charge >= 0.3 is 6.18 Å². The zero-order valence-corrected chi connectivity index (χ0v) is 15.3. The Morgan fingerprint density at radius 2 is 2.12 bits per heavy atom. The number of fused-ring (bicyclic) bond motifs is 1. The monoisotopic (exact) mass is 391 g/mol. The lowest BCUT2D eigenvalue weighted by atomic mass is 9.90. The van der Waals surface area contributed by atoms with Crippen molar-refractivity contribution in [1.29, 1.82) is 0 Å². The molecule has 26 heavy (non-hydrogen) atoms. The number of hydrogen-bond donors (Lipinski definition) is 1. The lowest BCUT2D eigenvalue weighted by molar-refractivity contribution is -0.288. The number of alkyl halides is 3. The van der Waals surface area contributed by atoms with E-state index in [4.69, 9.17) is 21.2 Å². The smallest absolute Gasteiger partial charge is 0.396 e. The molecule has 1 aliphatic heterocycles. The molecule has 1 aromatic rings. The zero-order valence-electron chi connectivity index (χ0n) is 14.6. The third-order valence-electron chi connectivity index (χ3n) is 4.66. The molecule has 0 spiro atoms. The Bertz CT molecular complexity index is 694. The van der Waals surface area contributed by atoms with E-state index in [0.717, 1.165) is 12.8 Å². The van der Waals surface area contributed by atoms with Gasteiger partial charge in [-0.15, -0.1) is 0 Å². The summed E-state index contributed by atoms with van der Waals surface area (Å²) in [5.74, 6) is 0.370. The molecule has 0 amide bonds. The fourth-order valence-corrected chi connectivity index (χ4v) is 3.18. The van der Waals surface area contributed by atoms with E-state index in [-0.39, 0.29) is 34.8 Å². The van der Waals surface area contributed by atoms with Gasteiger partial charge in [0, 0.05) is 22.8 Å². The molecule has 1 saturated carbocycles. The van der Waals surface area contributed by atoms with E-state index in [0.29, 0.717) is 6.54 Å². The molecule has 0 radical (unpaired) electrons. The number of benzene rings is 1. The average Bonchev–Trinajstić information content (AvgIpc) is 3.40.